The van der Waals surface area contributed by atoms with Crippen molar-refractivity contribution in [1.82, 2.24) is 16.0 Å². The van der Waals surface area contributed by atoms with Gasteiger partial charge < -0.3 is 37.6 Å². The minimum absolute atomic E-state index is 0.0641. The summed E-state index contributed by atoms with van der Waals surface area (Å²) in [5.74, 6) is -7.00. The predicted molar refractivity (Wildman–Crippen MR) is 112 cm³/mol. The third kappa shape index (κ3) is 10.7. The van der Waals surface area contributed by atoms with E-state index in [2.05, 4.69) is 16.0 Å². The number of rotatable bonds is 14. The van der Waals surface area contributed by atoms with Gasteiger partial charge in [0.25, 0.3) is 0 Å². The van der Waals surface area contributed by atoms with Gasteiger partial charge in [-0.25, -0.2) is 4.79 Å². The Labute approximate surface area is 185 Å². The summed E-state index contributed by atoms with van der Waals surface area (Å²) in [5.41, 5.74) is 10.9. The molecular formula is C19H33N5O8. The van der Waals surface area contributed by atoms with Crippen LogP contribution >= 0.6 is 0 Å². The molecule has 4 unspecified atom stereocenters. The fourth-order valence-electron chi connectivity index (χ4n) is 2.73. The molecule has 4 amide bonds. The van der Waals surface area contributed by atoms with E-state index in [9.17, 15) is 33.9 Å². The number of aliphatic carboxylic acids is 2. The van der Waals surface area contributed by atoms with Gasteiger partial charge in [-0.05, 0) is 18.3 Å². The Kier molecular flexibility index (Phi) is 11.9. The summed E-state index contributed by atoms with van der Waals surface area (Å²) in [4.78, 5) is 71.2. The van der Waals surface area contributed by atoms with Crippen molar-refractivity contribution in [2.45, 2.75) is 71.1 Å². The van der Waals surface area contributed by atoms with Gasteiger partial charge in [0, 0.05) is 0 Å². The van der Waals surface area contributed by atoms with Crippen LogP contribution in [0.2, 0.25) is 0 Å². The average molecular weight is 460 g/mol. The molecule has 0 aliphatic carbocycles. The Balaban J connectivity index is 5.54. The first-order valence-electron chi connectivity index (χ1n) is 10.0. The van der Waals surface area contributed by atoms with Gasteiger partial charge in [-0.2, -0.15) is 0 Å². The average Bonchev–Trinajstić information content (AvgIpc) is 2.62. The maximum atomic E-state index is 12.6. The van der Waals surface area contributed by atoms with Gasteiger partial charge in [-0.3, -0.25) is 24.0 Å². The molecule has 0 bridgehead atoms. The number of carboxylic acids is 2. The Morgan fingerprint density at radius 3 is 1.66 bits per heavy atom. The molecule has 0 aliphatic rings. The molecule has 0 saturated carbocycles. The summed E-state index contributed by atoms with van der Waals surface area (Å²) in [5, 5.41) is 24.9. The fraction of sp³-hybridized carbons (Fsp3) is 0.684. The Bertz CT molecular complexity index is 725. The number of amides is 4. The molecule has 9 N–H and O–H groups in total. The lowest BCUT2D eigenvalue weighted by molar-refractivity contribution is -0.144. The van der Waals surface area contributed by atoms with Gasteiger partial charge in [0.05, 0.1) is 18.9 Å². The third-order valence-electron chi connectivity index (χ3n) is 4.34. The van der Waals surface area contributed by atoms with E-state index >= 15 is 0 Å². The molecule has 182 valence electrons. The molecule has 0 aromatic heterocycles. The van der Waals surface area contributed by atoms with Crippen LogP contribution in [0.25, 0.3) is 0 Å². The third-order valence-corrected chi connectivity index (χ3v) is 4.34. The van der Waals surface area contributed by atoms with E-state index < -0.39 is 78.5 Å². The van der Waals surface area contributed by atoms with Crippen LogP contribution in [0.5, 0.6) is 0 Å². The molecular weight excluding hydrogens is 426 g/mol. The molecule has 0 heterocycles. The lowest BCUT2D eigenvalue weighted by atomic mass is 10.0. The van der Waals surface area contributed by atoms with Crippen LogP contribution in [0, 0.1) is 11.8 Å². The summed E-state index contributed by atoms with van der Waals surface area (Å²) in [6, 6.07) is -5.48. The van der Waals surface area contributed by atoms with Gasteiger partial charge in [0.15, 0.2) is 0 Å². The summed E-state index contributed by atoms with van der Waals surface area (Å²) in [6.45, 7) is 6.73. The number of carbonyl (C=O) groups excluding carboxylic acids is 4. The van der Waals surface area contributed by atoms with Crippen LogP contribution < -0.4 is 27.4 Å². The van der Waals surface area contributed by atoms with Crippen LogP contribution in [-0.2, 0) is 28.8 Å². The van der Waals surface area contributed by atoms with Gasteiger partial charge in [0.2, 0.25) is 23.6 Å². The highest BCUT2D eigenvalue weighted by atomic mass is 16.4. The van der Waals surface area contributed by atoms with Crippen LogP contribution in [0.1, 0.15) is 47.0 Å². The van der Waals surface area contributed by atoms with Crippen molar-refractivity contribution in [3.63, 3.8) is 0 Å². The van der Waals surface area contributed by atoms with Gasteiger partial charge in [-0.1, -0.05) is 27.7 Å². The van der Waals surface area contributed by atoms with Crippen molar-refractivity contribution < 1.29 is 39.0 Å². The molecule has 4 atom stereocenters. The quantitative estimate of drug-likeness (QED) is 0.151. The number of hydrogen-bond acceptors (Lipinski definition) is 7. The number of hydrogen-bond donors (Lipinski definition) is 7. The second kappa shape index (κ2) is 13.2. The van der Waals surface area contributed by atoms with Crippen LogP contribution in [0.3, 0.4) is 0 Å². The zero-order valence-corrected chi connectivity index (χ0v) is 18.6. The smallest absolute Gasteiger partial charge is 0.326 e. The van der Waals surface area contributed by atoms with E-state index in [-0.39, 0.29) is 12.3 Å². The molecule has 32 heavy (non-hydrogen) atoms. The maximum absolute atomic E-state index is 12.6. The molecule has 0 fully saturated rings. The van der Waals surface area contributed by atoms with E-state index in [1.165, 1.54) is 0 Å². The summed E-state index contributed by atoms with van der Waals surface area (Å²) < 4.78 is 0. The van der Waals surface area contributed by atoms with E-state index in [1.54, 1.807) is 13.8 Å². The van der Waals surface area contributed by atoms with Crippen molar-refractivity contribution in [3.8, 4) is 0 Å². The highest BCUT2D eigenvalue weighted by Gasteiger charge is 2.33. The topological polar surface area (TPSA) is 231 Å². The molecule has 0 radical (unpaired) electrons. The first-order chi connectivity index (χ1) is 14.6. The molecule has 0 aromatic rings. The molecule has 0 rings (SSSR count). The van der Waals surface area contributed by atoms with E-state index in [0.29, 0.717) is 0 Å². The number of primary amides is 1. The zero-order valence-electron chi connectivity index (χ0n) is 18.6. The predicted octanol–water partition coefficient (Wildman–Crippen LogP) is -2.10. The SMILES string of the molecule is CC(C)CC(N)C(=O)NC(CC(=O)O)C(=O)NC(CC(N)=O)C(=O)NC(C(=O)O)C(C)C. The first kappa shape index (κ1) is 28.8. The first-order valence-corrected chi connectivity index (χ1v) is 10.0. The van der Waals surface area contributed by atoms with Gasteiger partial charge >= 0.3 is 11.9 Å². The van der Waals surface area contributed by atoms with Crippen molar-refractivity contribution in [2.75, 3.05) is 0 Å². The van der Waals surface area contributed by atoms with Gasteiger partial charge in [-0.15, -0.1) is 0 Å². The Hall–Kier alpha value is -3.22. The van der Waals surface area contributed by atoms with Crippen molar-refractivity contribution >= 4 is 35.6 Å². The summed E-state index contributed by atoms with van der Waals surface area (Å²) in [7, 11) is 0. The zero-order chi connectivity index (χ0) is 25.2. The molecule has 0 aromatic carbocycles. The van der Waals surface area contributed by atoms with E-state index in [1.807, 2.05) is 13.8 Å². The van der Waals surface area contributed by atoms with Crippen molar-refractivity contribution in [1.29, 1.82) is 0 Å². The highest BCUT2D eigenvalue weighted by molar-refractivity contribution is 5.97. The fourth-order valence-corrected chi connectivity index (χ4v) is 2.73. The molecule has 0 spiro atoms. The largest absolute Gasteiger partial charge is 0.481 e. The monoisotopic (exact) mass is 459 g/mol. The van der Waals surface area contributed by atoms with Crippen LogP contribution in [0.15, 0.2) is 0 Å². The summed E-state index contributed by atoms with van der Waals surface area (Å²) >= 11 is 0. The van der Waals surface area contributed by atoms with Gasteiger partial charge in [0.1, 0.15) is 18.1 Å². The Morgan fingerprint density at radius 2 is 1.25 bits per heavy atom. The normalized spacial score (nSPS) is 14.7. The molecule has 13 nitrogen and oxygen atoms in total. The second-order valence-electron chi connectivity index (χ2n) is 8.20. The Morgan fingerprint density at radius 1 is 0.781 bits per heavy atom. The van der Waals surface area contributed by atoms with Crippen LogP contribution in [-0.4, -0.2) is 69.9 Å². The lowest BCUT2D eigenvalue weighted by Crippen LogP contribution is -2.58. The molecule has 0 saturated heterocycles. The minimum Gasteiger partial charge on any atom is -0.481 e. The number of carbonyl (C=O) groups is 6. The molecule has 13 heteroatoms. The van der Waals surface area contributed by atoms with Crippen LogP contribution in [0.4, 0.5) is 0 Å². The van der Waals surface area contributed by atoms with E-state index in [0.717, 1.165) is 0 Å². The second-order valence-corrected chi connectivity index (χ2v) is 8.20. The van der Waals surface area contributed by atoms with Crippen molar-refractivity contribution in [3.05, 3.63) is 0 Å². The molecule has 0 aliphatic heterocycles. The number of carboxylic acid groups (broad SMARTS) is 2. The standard InChI is InChI=1S/C19H33N5O8/c1-8(2)5-10(20)16(28)22-12(7-14(26)27)17(29)23-11(6-13(21)25)18(30)24-15(9(3)4)19(31)32/h8-12,15H,5-7,20H2,1-4H3,(H2,21,25)(H,22,28)(H,23,29)(H,24,30)(H,26,27)(H,31,32). The maximum Gasteiger partial charge on any atom is 0.326 e. The lowest BCUT2D eigenvalue weighted by Gasteiger charge is -2.25. The summed E-state index contributed by atoms with van der Waals surface area (Å²) in [6.07, 6.45) is -1.21. The minimum atomic E-state index is -1.60. The highest BCUT2D eigenvalue weighted by Crippen LogP contribution is 2.06. The van der Waals surface area contributed by atoms with Crippen molar-refractivity contribution in [2.24, 2.45) is 23.3 Å². The number of nitrogens with two attached hydrogens (primary N) is 2. The number of nitrogens with one attached hydrogen (secondary N) is 3. The van der Waals surface area contributed by atoms with E-state index in [4.69, 9.17) is 16.6 Å².